The van der Waals surface area contributed by atoms with Crippen LogP contribution in [-0.4, -0.2) is 77.6 Å². The first-order chi connectivity index (χ1) is 20.3. The molecule has 0 bridgehead atoms. The fraction of sp³-hybridized carbons (Fsp3) is 0.433. The van der Waals surface area contributed by atoms with E-state index in [9.17, 15) is 14.4 Å². The van der Waals surface area contributed by atoms with Gasteiger partial charge in [-0.3, -0.25) is 14.4 Å². The summed E-state index contributed by atoms with van der Waals surface area (Å²) >= 11 is 7.02. The van der Waals surface area contributed by atoms with Crippen LogP contribution in [0.5, 0.6) is 5.75 Å². The third kappa shape index (κ3) is 7.20. The van der Waals surface area contributed by atoms with Gasteiger partial charge in [0.15, 0.2) is 6.61 Å². The fourth-order valence-electron chi connectivity index (χ4n) is 5.43. The number of ether oxygens (including phenoxy) is 2. The lowest BCUT2D eigenvalue weighted by molar-refractivity contribution is -0.149. The third-order valence-electron chi connectivity index (χ3n) is 7.86. The maximum atomic E-state index is 13.1. The fourth-order valence-corrected chi connectivity index (χ4v) is 6.85. The van der Waals surface area contributed by atoms with Crippen LogP contribution in [0.2, 0.25) is 0 Å². The number of hydrogen-bond acceptors (Lipinski definition) is 8. The number of carbonyl (C=O) groups excluding carboxylic acids is 3. The number of aromatic nitrogens is 2. The molecule has 2 aliphatic rings. The maximum Gasteiger partial charge on any atom is 0.316 e. The van der Waals surface area contributed by atoms with Crippen molar-refractivity contribution in [3.8, 4) is 17.1 Å². The van der Waals surface area contributed by atoms with Crippen LogP contribution in [0.3, 0.4) is 0 Å². The van der Waals surface area contributed by atoms with Crippen LogP contribution in [0.25, 0.3) is 11.4 Å². The van der Waals surface area contributed by atoms with Gasteiger partial charge in [0.2, 0.25) is 5.82 Å². The minimum Gasteiger partial charge on any atom is -0.481 e. The highest BCUT2D eigenvalue weighted by molar-refractivity contribution is 9.11. The van der Waals surface area contributed by atoms with Gasteiger partial charge in [-0.2, -0.15) is 4.98 Å². The van der Waals surface area contributed by atoms with E-state index in [0.29, 0.717) is 65.2 Å². The van der Waals surface area contributed by atoms with Gasteiger partial charge in [-0.05, 0) is 87.6 Å². The average molecular weight is 704 g/mol. The summed E-state index contributed by atoms with van der Waals surface area (Å²) in [7, 11) is 1.38. The Labute approximate surface area is 261 Å². The molecule has 1 aromatic heterocycles. The maximum absolute atomic E-state index is 13.1. The summed E-state index contributed by atoms with van der Waals surface area (Å²) in [5, 5.41) is 4.04. The molecule has 0 radical (unpaired) electrons. The van der Waals surface area contributed by atoms with E-state index < -0.39 is 0 Å². The Balaban J connectivity index is 1.15. The van der Waals surface area contributed by atoms with Gasteiger partial charge < -0.3 is 23.8 Å². The van der Waals surface area contributed by atoms with Crippen LogP contribution in [0, 0.1) is 11.8 Å². The summed E-state index contributed by atoms with van der Waals surface area (Å²) in [4.78, 5) is 45.4. The number of piperidine rings is 2. The molecule has 2 aromatic carbocycles. The molecule has 222 valence electrons. The van der Waals surface area contributed by atoms with E-state index in [1.54, 1.807) is 21.9 Å². The van der Waals surface area contributed by atoms with Crippen molar-refractivity contribution in [1.82, 2.24) is 19.9 Å². The van der Waals surface area contributed by atoms with Crippen molar-refractivity contribution >= 4 is 49.6 Å². The number of methoxy groups -OCH3 is 1. The summed E-state index contributed by atoms with van der Waals surface area (Å²) in [5.41, 5.74) is 1.93. The molecule has 2 amide bonds. The molecule has 10 nitrogen and oxygen atoms in total. The van der Waals surface area contributed by atoms with E-state index in [0.717, 1.165) is 19.3 Å². The Kier molecular flexibility index (Phi) is 9.94. The quantitative estimate of drug-likeness (QED) is 0.296. The van der Waals surface area contributed by atoms with Crippen molar-refractivity contribution in [2.75, 3.05) is 39.9 Å². The summed E-state index contributed by atoms with van der Waals surface area (Å²) in [5.74, 6) is 0.396. The van der Waals surface area contributed by atoms with E-state index in [4.69, 9.17) is 14.0 Å². The Morgan fingerprint density at radius 3 is 2.24 bits per heavy atom. The first-order valence-corrected chi connectivity index (χ1v) is 15.6. The van der Waals surface area contributed by atoms with E-state index in [-0.39, 0.29) is 42.0 Å². The largest absolute Gasteiger partial charge is 0.481 e. The van der Waals surface area contributed by atoms with Gasteiger partial charge in [0.1, 0.15) is 5.75 Å². The Bertz CT molecular complexity index is 1390. The minimum absolute atomic E-state index is 0.0411. The van der Waals surface area contributed by atoms with Crippen LogP contribution in [0.15, 0.2) is 55.9 Å². The molecule has 2 saturated heterocycles. The van der Waals surface area contributed by atoms with Crippen LogP contribution < -0.4 is 4.74 Å². The van der Waals surface area contributed by atoms with Gasteiger partial charge in [0.05, 0.1) is 22.0 Å². The second kappa shape index (κ2) is 13.8. The summed E-state index contributed by atoms with van der Waals surface area (Å²) in [6, 6.07) is 13.9. The van der Waals surface area contributed by atoms with E-state index in [1.165, 1.54) is 12.7 Å². The lowest BCUT2D eigenvalue weighted by Crippen LogP contribution is -2.42. The predicted molar refractivity (Wildman–Crippen MR) is 161 cm³/mol. The molecule has 0 saturated carbocycles. The van der Waals surface area contributed by atoms with Crippen molar-refractivity contribution in [3.05, 3.63) is 62.9 Å². The van der Waals surface area contributed by atoms with Crippen LogP contribution >= 0.6 is 31.9 Å². The van der Waals surface area contributed by atoms with Gasteiger partial charge >= 0.3 is 17.8 Å². The topological polar surface area (TPSA) is 115 Å². The third-order valence-corrected chi connectivity index (χ3v) is 9.03. The first-order valence-electron chi connectivity index (χ1n) is 14.0. The predicted octanol–water partition coefficient (Wildman–Crippen LogP) is 5.15. The average Bonchev–Trinajstić information content (AvgIpc) is 3.51. The monoisotopic (exact) mass is 702 g/mol. The number of nitrogens with zero attached hydrogens (tertiary/aromatic N) is 4. The van der Waals surface area contributed by atoms with Crippen LogP contribution in [-0.2, 0) is 20.7 Å². The number of esters is 1. The standard InChI is InChI=1S/C30H32Br2N4O6/c1-40-30(39)21-9-13-35(14-10-21)25(37)18-41-26-23(31)16-22(17-24(26)32)27-33-28(42-34-27)29(38)36-11-7-20(8-12-36)15-19-5-3-2-4-6-19/h2-6,16-17,20-21H,7-15,18H2,1H3. The zero-order valence-electron chi connectivity index (χ0n) is 23.3. The number of carbonyl (C=O) groups is 3. The molecule has 0 spiro atoms. The number of rotatable bonds is 8. The molecule has 0 aliphatic carbocycles. The van der Waals surface area contributed by atoms with Crippen molar-refractivity contribution in [2.24, 2.45) is 11.8 Å². The Hall–Kier alpha value is -3.25. The van der Waals surface area contributed by atoms with Crippen molar-refractivity contribution in [3.63, 3.8) is 0 Å². The smallest absolute Gasteiger partial charge is 0.316 e. The number of amides is 2. The van der Waals surface area contributed by atoms with Gasteiger partial charge in [-0.1, -0.05) is 35.5 Å². The number of halogens is 2. The van der Waals surface area contributed by atoms with E-state index >= 15 is 0 Å². The number of hydrogen-bond donors (Lipinski definition) is 0. The molecule has 2 fully saturated rings. The molecular weight excluding hydrogens is 672 g/mol. The molecule has 42 heavy (non-hydrogen) atoms. The highest BCUT2D eigenvalue weighted by Crippen LogP contribution is 2.37. The second-order valence-electron chi connectivity index (χ2n) is 10.6. The SMILES string of the molecule is COC(=O)C1CCN(C(=O)COc2c(Br)cc(-c3noc(C(=O)N4CCC(Cc5ccccc5)CC4)n3)cc2Br)CC1. The van der Waals surface area contributed by atoms with E-state index in [2.05, 4.69) is 66.3 Å². The van der Waals surface area contributed by atoms with Crippen molar-refractivity contribution in [2.45, 2.75) is 32.1 Å². The number of benzene rings is 2. The summed E-state index contributed by atoms with van der Waals surface area (Å²) < 4.78 is 17.2. The molecular formula is C30H32Br2N4O6. The van der Waals surface area contributed by atoms with Crippen molar-refractivity contribution < 1.29 is 28.4 Å². The highest BCUT2D eigenvalue weighted by atomic mass is 79.9. The van der Waals surface area contributed by atoms with Crippen LogP contribution in [0.1, 0.15) is 41.9 Å². The Morgan fingerprint density at radius 2 is 1.60 bits per heavy atom. The number of likely N-dealkylation sites (tertiary alicyclic amines) is 2. The molecule has 12 heteroatoms. The molecule has 0 unspecified atom stereocenters. The first kappa shape index (κ1) is 30.2. The highest BCUT2D eigenvalue weighted by Gasteiger charge is 2.29. The van der Waals surface area contributed by atoms with Crippen molar-refractivity contribution in [1.29, 1.82) is 0 Å². The van der Waals surface area contributed by atoms with Gasteiger partial charge in [0.25, 0.3) is 5.91 Å². The molecule has 0 N–H and O–H groups in total. The summed E-state index contributed by atoms with van der Waals surface area (Å²) in [6.45, 7) is 2.11. The molecule has 3 aromatic rings. The van der Waals surface area contributed by atoms with E-state index in [1.807, 2.05) is 6.07 Å². The molecule has 2 aliphatic heterocycles. The van der Waals surface area contributed by atoms with Gasteiger partial charge in [-0.25, -0.2) is 0 Å². The lowest BCUT2D eigenvalue weighted by atomic mass is 9.90. The zero-order chi connectivity index (χ0) is 29.6. The lowest BCUT2D eigenvalue weighted by Gasteiger charge is -2.31. The Morgan fingerprint density at radius 1 is 0.952 bits per heavy atom. The molecule has 5 rings (SSSR count). The van der Waals surface area contributed by atoms with Gasteiger partial charge in [0, 0.05) is 31.7 Å². The minimum atomic E-state index is -0.265. The molecule has 0 atom stereocenters. The zero-order valence-corrected chi connectivity index (χ0v) is 26.4. The second-order valence-corrected chi connectivity index (χ2v) is 12.3. The normalized spacial score (nSPS) is 16.4. The van der Waals surface area contributed by atoms with Crippen LogP contribution in [0.4, 0.5) is 0 Å². The molecule has 3 heterocycles. The summed E-state index contributed by atoms with van der Waals surface area (Å²) in [6.07, 6.45) is 4.01. The van der Waals surface area contributed by atoms with Gasteiger partial charge in [-0.15, -0.1) is 0 Å².